The number of carbonyl (C=O) groups is 2. The number of aromatic nitrogens is 2. The molecule has 3 heterocycles. The van der Waals surface area contributed by atoms with Gasteiger partial charge in [0.2, 0.25) is 5.91 Å². The highest BCUT2D eigenvalue weighted by Gasteiger charge is 2.32. The third kappa shape index (κ3) is 5.14. The molecule has 0 spiro atoms. The molecule has 2 aliphatic rings. The number of aromatic hydroxyl groups is 1. The van der Waals surface area contributed by atoms with Crippen molar-refractivity contribution in [3.8, 4) is 11.5 Å². The minimum absolute atomic E-state index is 0.0834. The molecule has 11 heteroatoms. The molecule has 1 aromatic carbocycles. The van der Waals surface area contributed by atoms with Gasteiger partial charge in [-0.05, 0) is 38.7 Å². The number of carbonyl (C=O) groups excluding carboxylic acids is 2. The predicted molar refractivity (Wildman–Crippen MR) is 132 cm³/mol. The molecular formula is C25H30N4O7. The van der Waals surface area contributed by atoms with Crippen LogP contribution in [-0.4, -0.2) is 53.2 Å². The van der Waals surface area contributed by atoms with E-state index in [1.165, 1.54) is 13.2 Å². The first-order valence-corrected chi connectivity index (χ1v) is 11.8. The Labute approximate surface area is 207 Å². The number of allylic oxidation sites excluding steroid dienone is 2. The molecule has 1 fully saturated rings. The number of cyclic esters (lactones) is 1. The highest BCUT2D eigenvalue weighted by Crippen LogP contribution is 2.42. The number of ether oxygens (including phenoxy) is 2. The van der Waals surface area contributed by atoms with Gasteiger partial charge in [-0.3, -0.25) is 19.6 Å². The van der Waals surface area contributed by atoms with E-state index in [2.05, 4.69) is 15.3 Å². The number of hydrogen-bond acceptors (Lipinski definition) is 8. The van der Waals surface area contributed by atoms with E-state index >= 15 is 0 Å². The summed E-state index contributed by atoms with van der Waals surface area (Å²) in [5.41, 5.74) is 2.06. The highest BCUT2D eigenvalue weighted by molar-refractivity contribution is 5.98. The molecule has 4 rings (SSSR count). The molecule has 192 valence electrons. The Hall–Kier alpha value is -4.02. The fourth-order valence-electron chi connectivity index (χ4n) is 4.74. The van der Waals surface area contributed by atoms with Crippen molar-refractivity contribution in [2.45, 2.75) is 52.2 Å². The number of esters is 1. The maximum absolute atomic E-state index is 12.5. The lowest BCUT2D eigenvalue weighted by atomic mass is 9.94. The number of fused-ring (bicyclic) bond motifs is 1. The molecule has 0 unspecified atom stereocenters. The minimum Gasteiger partial charge on any atom is -0.507 e. The summed E-state index contributed by atoms with van der Waals surface area (Å²) in [7, 11) is 1.52. The molecule has 0 radical (unpaired) electrons. The van der Waals surface area contributed by atoms with Crippen molar-refractivity contribution in [1.29, 1.82) is 0 Å². The number of methoxy groups -OCH3 is 1. The van der Waals surface area contributed by atoms with E-state index in [0.29, 0.717) is 61.5 Å². The molecule has 1 aromatic heterocycles. The average Bonchev–Trinajstić information content (AvgIpc) is 3.45. The summed E-state index contributed by atoms with van der Waals surface area (Å²) < 4.78 is 10.6. The highest BCUT2D eigenvalue weighted by atomic mass is 16.5. The molecule has 0 saturated carbocycles. The van der Waals surface area contributed by atoms with Crippen LogP contribution in [0.25, 0.3) is 0 Å². The SMILES string of the molecule is COc1c(C)c2c(c(O)c1C/C=C(\C)CCC(=O)N[C@@H]1CCN(c3cc(=O)[nH]c(=O)[nH]3)C1)C(=O)OC2. The average molecular weight is 499 g/mol. The number of nitrogens with zero attached hydrogens (tertiary/aromatic N) is 1. The minimum atomic E-state index is -0.562. The molecule has 1 amide bonds. The first-order chi connectivity index (χ1) is 17.2. The third-order valence-corrected chi connectivity index (χ3v) is 6.69. The Morgan fingerprint density at radius 1 is 1.31 bits per heavy atom. The monoisotopic (exact) mass is 498 g/mol. The lowest BCUT2D eigenvalue weighted by Gasteiger charge is -2.18. The number of anilines is 1. The van der Waals surface area contributed by atoms with Gasteiger partial charge in [-0.15, -0.1) is 0 Å². The summed E-state index contributed by atoms with van der Waals surface area (Å²) in [6.07, 6.45) is 3.78. The van der Waals surface area contributed by atoms with E-state index in [1.54, 1.807) is 0 Å². The third-order valence-electron chi connectivity index (χ3n) is 6.69. The Kier molecular flexibility index (Phi) is 7.18. The Morgan fingerprint density at radius 2 is 2.08 bits per heavy atom. The van der Waals surface area contributed by atoms with Crippen molar-refractivity contribution in [2.75, 3.05) is 25.1 Å². The second-order valence-electron chi connectivity index (χ2n) is 9.14. The Balaban J connectivity index is 1.33. The fourth-order valence-corrected chi connectivity index (χ4v) is 4.74. The van der Waals surface area contributed by atoms with Gasteiger partial charge in [-0.1, -0.05) is 11.6 Å². The standard InChI is InChI=1S/C25H30N4O7/c1-13(4-6-16-22(32)21-17(12-36-24(21)33)14(2)23(16)35-3)5-7-19(30)26-15-8-9-29(11-15)18-10-20(31)28-25(34)27-18/h4,10,15,32H,5-9,11-12H2,1-3H3,(H,26,30)(H2,27,28,31,34)/b13-4+/t15-/m1/s1. The van der Waals surface area contributed by atoms with Crippen LogP contribution in [0.2, 0.25) is 0 Å². The summed E-state index contributed by atoms with van der Waals surface area (Å²) in [5.74, 6) is 0.213. The van der Waals surface area contributed by atoms with Crippen molar-refractivity contribution in [3.63, 3.8) is 0 Å². The number of amides is 1. The maximum atomic E-state index is 12.5. The largest absolute Gasteiger partial charge is 0.507 e. The molecule has 2 aromatic rings. The molecule has 1 atom stereocenters. The summed E-state index contributed by atoms with van der Waals surface area (Å²) in [6.45, 7) is 4.98. The number of nitrogens with one attached hydrogen (secondary N) is 3. The second-order valence-corrected chi connectivity index (χ2v) is 9.14. The van der Waals surface area contributed by atoms with Gasteiger partial charge in [0.15, 0.2) is 0 Å². The zero-order valence-electron chi connectivity index (χ0n) is 20.5. The van der Waals surface area contributed by atoms with Gasteiger partial charge < -0.3 is 24.8 Å². The van der Waals surface area contributed by atoms with Gasteiger partial charge in [0, 0.05) is 42.7 Å². The van der Waals surface area contributed by atoms with Gasteiger partial charge in [0.1, 0.15) is 29.5 Å². The smallest absolute Gasteiger partial charge is 0.342 e. The van der Waals surface area contributed by atoms with Crippen molar-refractivity contribution in [2.24, 2.45) is 0 Å². The van der Waals surface area contributed by atoms with Gasteiger partial charge >= 0.3 is 11.7 Å². The van der Waals surface area contributed by atoms with Gasteiger partial charge in [-0.2, -0.15) is 0 Å². The van der Waals surface area contributed by atoms with E-state index < -0.39 is 17.2 Å². The first-order valence-electron chi connectivity index (χ1n) is 11.8. The summed E-state index contributed by atoms with van der Waals surface area (Å²) >= 11 is 0. The molecule has 0 bridgehead atoms. The number of phenolic OH excluding ortho intramolecular Hbond substituents is 1. The van der Waals surface area contributed by atoms with Crippen LogP contribution in [0, 0.1) is 6.92 Å². The van der Waals surface area contributed by atoms with Crippen LogP contribution in [-0.2, 0) is 22.6 Å². The van der Waals surface area contributed by atoms with Crippen molar-refractivity contribution >= 4 is 17.7 Å². The number of hydrogen-bond donors (Lipinski definition) is 4. The Morgan fingerprint density at radius 3 is 2.81 bits per heavy atom. The second kappa shape index (κ2) is 10.3. The zero-order valence-corrected chi connectivity index (χ0v) is 20.5. The molecule has 0 aliphatic carbocycles. The first kappa shape index (κ1) is 25.1. The summed E-state index contributed by atoms with van der Waals surface area (Å²) in [4.78, 5) is 54.2. The molecule has 11 nitrogen and oxygen atoms in total. The van der Waals surface area contributed by atoms with Crippen LogP contribution in [0.15, 0.2) is 27.3 Å². The zero-order chi connectivity index (χ0) is 26.0. The van der Waals surface area contributed by atoms with Crippen LogP contribution in [0.1, 0.15) is 53.2 Å². The normalized spacial score (nSPS) is 17.2. The van der Waals surface area contributed by atoms with E-state index in [9.17, 15) is 24.3 Å². The quantitative estimate of drug-likeness (QED) is 0.315. The lowest BCUT2D eigenvalue weighted by Crippen LogP contribution is -2.37. The Bertz CT molecular complexity index is 1310. The molecule has 1 saturated heterocycles. The molecule has 2 aliphatic heterocycles. The van der Waals surface area contributed by atoms with Crippen LogP contribution in [0.5, 0.6) is 11.5 Å². The van der Waals surface area contributed by atoms with Crippen LogP contribution in [0.4, 0.5) is 5.82 Å². The van der Waals surface area contributed by atoms with Crippen molar-refractivity contribution < 1.29 is 24.2 Å². The number of benzene rings is 1. The number of aromatic amines is 2. The van der Waals surface area contributed by atoms with E-state index in [-0.39, 0.29) is 29.9 Å². The molecular weight excluding hydrogens is 468 g/mol. The van der Waals surface area contributed by atoms with Crippen LogP contribution >= 0.6 is 0 Å². The van der Waals surface area contributed by atoms with E-state index in [0.717, 1.165) is 11.1 Å². The van der Waals surface area contributed by atoms with Crippen molar-refractivity contribution in [1.82, 2.24) is 15.3 Å². The summed E-state index contributed by atoms with van der Waals surface area (Å²) in [5, 5.41) is 13.7. The summed E-state index contributed by atoms with van der Waals surface area (Å²) in [6, 6.07) is 1.25. The van der Waals surface area contributed by atoms with Gasteiger partial charge in [-0.25, -0.2) is 9.59 Å². The van der Waals surface area contributed by atoms with Gasteiger partial charge in [0.25, 0.3) is 5.56 Å². The van der Waals surface area contributed by atoms with Crippen LogP contribution in [0.3, 0.4) is 0 Å². The molecule has 36 heavy (non-hydrogen) atoms. The lowest BCUT2D eigenvalue weighted by molar-refractivity contribution is -0.121. The molecule has 4 N–H and O–H groups in total. The van der Waals surface area contributed by atoms with Crippen LogP contribution < -0.4 is 26.2 Å². The number of rotatable bonds is 8. The fraction of sp³-hybridized carbons (Fsp3) is 0.440. The maximum Gasteiger partial charge on any atom is 0.342 e. The van der Waals surface area contributed by atoms with E-state index in [4.69, 9.17) is 9.47 Å². The van der Waals surface area contributed by atoms with Crippen molar-refractivity contribution in [3.05, 3.63) is 60.8 Å². The topological polar surface area (TPSA) is 154 Å². The number of phenols is 1. The predicted octanol–water partition coefficient (Wildman–Crippen LogP) is 1.42. The van der Waals surface area contributed by atoms with Gasteiger partial charge in [0.05, 0.1) is 7.11 Å². The van der Waals surface area contributed by atoms with E-state index in [1.807, 2.05) is 24.8 Å². The number of H-pyrrole nitrogens is 2.